The van der Waals surface area contributed by atoms with Crippen molar-refractivity contribution in [3.05, 3.63) is 36.4 Å². The van der Waals surface area contributed by atoms with Crippen molar-refractivity contribution in [3.8, 4) is 5.75 Å². The molecule has 2 aromatic rings. The van der Waals surface area contributed by atoms with Gasteiger partial charge in [-0.2, -0.15) is 0 Å². The third kappa shape index (κ3) is 3.99. The van der Waals surface area contributed by atoms with E-state index in [-0.39, 0.29) is 0 Å². The molecule has 1 aliphatic heterocycles. The van der Waals surface area contributed by atoms with Crippen LogP contribution in [0, 0.1) is 0 Å². The molecule has 3 nitrogen and oxygen atoms in total. The number of hydrogen-bond donors (Lipinski definition) is 0. The minimum atomic E-state index is -0.655. The van der Waals surface area contributed by atoms with Crippen molar-refractivity contribution in [3.63, 3.8) is 0 Å². The molecule has 0 aromatic heterocycles. The number of ether oxygens (including phenoxy) is 2. The lowest BCUT2D eigenvalue weighted by Crippen LogP contribution is -2.25. The number of hydrogen-bond acceptors (Lipinski definition) is 3. The van der Waals surface area contributed by atoms with Gasteiger partial charge in [-0.05, 0) is 57.2 Å². The Labute approximate surface area is 140 Å². The minimum Gasteiger partial charge on any atom is -0.428 e. The number of benzene rings is 2. The zero-order valence-electron chi connectivity index (χ0n) is 13.9. The molecule has 0 saturated carbocycles. The Kier molecular flexibility index (Phi) is 4.53. The number of carbonyl (C=O) groups excluding carboxylic acids is 1. The normalized spacial score (nSPS) is 15.8. The van der Waals surface area contributed by atoms with E-state index in [0.29, 0.717) is 16.6 Å². The Hall–Kier alpha value is -1.68. The number of rotatable bonds is 2. The summed E-state index contributed by atoms with van der Waals surface area (Å²) >= 11 is 0. The lowest BCUT2D eigenvalue weighted by atomic mass is 10.1. The van der Waals surface area contributed by atoms with Gasteiger partial charge in [0.25, 0.3) is 0 Å². The molecule has 3 rings (SSSR count). The van der Waals surface area contributed by atoms with Gasteiger partial charge in [0.15, 0.2) is 4.90 Å². The van der Waals surface area contributed by atoms with Gasteiger partial charge < -0.3 is 9.47 Å². The molecule has 0 atom stereocenters. The smallest absolute Gasteiger partial charge is 0.428 e. The van der Waals surface area contributed by atoms with Crippen LogP contribution >= 0.6 is 0 Å². The average Bonchev–Trinajstić information content (AvgIpc) is 2.98. The molecule has 23 heavy (non-hydrogen) atoms. The molecule has 0 aliphatic carbocycles. The quantitative estimate of drug-likeness (QED) is 0.445. The SMILES string of the molecule is CC(C)(C)OC(=O)Oc1ccc2cccc([S+]3CCCC3)c2c1. The number of carbonyl (C=O) groups is 1. The Morgan fingerprint density at radius 2 is 1.83 bits per heavy atom. The molecule has 0 bridgehead atoms. The second-order valence-electron chi connectivity index (χ2n) is 6.81. The first-order valence-corrected chi connectivity index (χ1v) is 9.60. The van der Waals surface area contributed by atoms with Gasteiger partial charge in [-0.25, -0.2) is 4.79 Å². The summed E-state index contributed by atoms with van der Waals surface area (Å²) in [6.45, 7) is 5.48. The van der Waals surface area contributed by atoms with Crippen molar-refractivity contribution in [1.82, 2.24) is 0 Å². The van der Waals surface area contributed by atoms with E-state index in [2.05, 4.69) is 18.2 Å². The van der Waals surface area contributed by atoms with Crippen LogP contribution in [-0.2, 0) is 15.6 Å². The van der Waals surface area contributed by atoms with E-state index < -0.39 is 11.8 Å². The fourth-order valence-electron chi connectivity index (χ4n) is 2.78. The maximum absolute atomic E-state index is 11.9. The Morgan fingerprint density at radius 1 is 1.09 bits per heavy atom. The summed E-state index contributed by atoms with van der Waals surface area (Å²) in [5.74, 6) is 3.09. The Balaban J connectivity index is 1.88. The van der Waals surface area contributed by atoms with Crippen molar-refractivity contribution >= 4 is 27.8 Å². The van der Waals surface area contributed by atoms with E-state index in [9.17, 15) is 4.79 Å². The molecule has 122 valence electrons. The highest BCUT2D eigenvalue weighted by molar-refractivity contribution is 7.97. The first kappa shape index (κ1) is 16.2. The summed E-state index contributed by atoms with van der Waals surface area (Å²) in [6.07, 6.45) is 1.97. The molecule has 0 radical (unpaired) electrons. The van der Waals surface area contributed by atoms with E-state index in [1.54, 1.807) is 0 Å². The average molecular weight is 331 g/mol. The van der Waals surface area contributed by atoms with Crippen molar-refractivity contribution in [2.24, 2.45) is 0 Å². The standard InChI is InChI=1S/C19H23O3S/c1-19(2,3)22-18(20)21-15-10-9-14-7-6-8-17(16(14)13-15)23-11-4-5-12-23/h6-10,13H,4-5,11-12H2,1-3H3/q+1. The zero-order chi connectivity index (χ0) is 16.4. The van der Waals surface area contributed by atoms with Gasteiger partial charge in [-0.15, -0.1) is 0 Å². The molecule has 0 amide bonds. The van der Waals surface area contributed by atoms with Crippen LogP contribution in [-0.4, -0.2) is 23.3 Å². The zero-order valence-corrected chi connectivity index (χ0v) is 14.7. The van der Waals surface area contributed by atoms with Gasteiger partial charge >= 0.3 is 6.16 Å². The third-order valence-corrected chi connectivity index (χ3v) is 6.29. The molecule has 2 aromatic carbocycles. The predicted octanol–water partition coefficient (Wildman–Crippen LogP) is 4.92. The van der Waals surface area contributed by atoms with Crippen LogP contribution in [0.3, 0.4) is 0 Å². The lowest BCUT2D eigenvalue weighted by Gasteiger charge is -2.18. The van der Waals surface area contributed by atoms with Gasteiger partial charge in [0.05, 0.1) is 0 Å². The van der Waals surface area contributed by atoms with Crippen LogP contribution in [0.1, 0.15) is 33.6 Å². The molecule has 1 fully saturated rings. The van der Waals surface area contributed by atoms with E-state index in [1.807, 2.05) is 39.0 Å². The first-order valence-electron chi connectivity index (χ1n) is 8.03. The first-order chi connectivity index (χ1) is 10.9. The highest BCUT2D eigenvalue weighted by Crippen LogP contribution is 2.32. The molecule has 1 aliphatic rings. The van der Waals surface area contributed by atoms with Gasteiger partial charge in [-0.1, -0.05) is 18.2 Å². The monoisotopic (exact) mass is 331 g/mol. The van der Waals surface area contributed by atoms with Gasteiger partial charge in [0.2, 0.25) is 0 Å². The Bertz CT molecular complexity index is 712. The van der Waals surface area contributed by atoms with Crippen molar-refractivity contribution < 1.29 is 14.3 Å². The number of fused-ring (bicyclic) bond motifs is 1. The van der Waals surface area contributed by atoms with Crippen LogP contribution in [0.2, 0.25) is 0 Å². The summed E-state index contributed by atoms with van der Waals surface area (Å²) in [4.78, 5) is 13.3. The summed E-state index contributed by atoms with van der Waals surface area (Å²) < 4.78 is 10.6. The lowest BCUT2D eigenvalue weighted by molar-refractivity contribution is 0.0206. The van der Waals surface area contributed by atoms with Crippen LogP contribution in [0.15, 0.2) is 41.3 Å². The summed E-state index contributed by atoms with van der Waals surface area (Å²) in [5.41, 5.74) is -0.551. The van der Waals surface area contributed by atoms with E-state index in [0.717, 1.165) is 0 Å². The molecule has 1 saturated heterocycles. The maximum atomic E-state index is 11.9. The van der Waals surface area contributed by atoms with Crippen LogP contribution in [0.5, 0.6) is 5.75 Å². The van der Waals surface area contributed by atoms with Gasteiger partial charge in [0.1, 0.15) is 22.9 Å². The maximum Gasteiger partial charge on any atom is 0.514 e. The second kappa shape index (κ2) is 6.44. The molecule has 4 heteroatoms. The molecular weight excluding hydrogens is 308 g/mol. The van der Waals surface area contributed by atoms with Crippen LogP contribution in [0.4, 0.5) is 4.79 Å². The fraction of sp³-hybridized carbons (Fsp3) is 0.421. The topological polar surface area (TPSA) is 35.5 Å². The fourth-order valence-corrected chi connectivity index (χ4v) is 5.29. The minimum absolute atomic E-state index is 0.326. The van der Waals surface area contributed by atoms with E-state index in [1.165, 1.54) is 40.0 Å². The van der Waals surface area contributed by atoms with E-state index in [4.69, 9.17) is 9.47 Å². The van der Waals surface area contributed by atoms with Crippen LogP contribution in [0.25, 0.3) is 10.8 Å². The van der Waals surface area contributed by atoms with Crippen molar-refractivity contribution in [2.75, 3.05) is 11.5 Å². The highest BCUT2D eigenvalue weighted by Gasteiger charge is 2.28. The van der Waals surface area contributed by atoms with Gasteiger partial charge in [0, 0.05) is 16.3 Å². The molecule has 1 heterocycles. The van der Waals surface area contributed by atoms with Crippen molar-refractivity contribution in [1.29, 1.82) is 0 Å². The summed E-state index contributed by atoms with van der Waals surface area (Å²) in [6, 6.07) is 12.3. The summed E-state index contributed by atoms with van der Waals surface area (Å²) in [7, 11) is 0.326. The Morgan fingerprint density at radius 3 is 2.52 bits per heavy atom. The molecule has 0 unspecified atom stereocenters. The summed E-state index contributed by atoms with van der Waals surface area (Å²) in [5, 5.41) is 2.39. The van der Waals surface area contributed by atoms with Crippen LogP contribution < -0.4 is 4.74 Å². The molecular formula is C19H23O3S+. The van der Waals surface area contributed by atoms with Gasteiger partial charge in [-0.3, -0.25) is 0 Å². The largest absolute Gasteiger partial charge is 0.514 e. The third-order valence-electron chi connectivity index (χ3n) is 3.75. The predicted molar refractivity (Wildman–Crippen MR) is 95.4 cm³/mol. The van der Waals surface area contributed by atoms with Crippen molar-refractivity contribution in [2.45, 2.75) is 44.1 Å². The van der Waals surface area contributed by atoms with E-state index >= 15 is 0 Å². The highest BCUT2D eigenvalue weighted by atomic mass is 32.2. The second-order valence-corrected chi connectivity index (χ2v) is 9.06. The molecule has 0 N–H and O–H groups in total. The molecule has 0 spiro atoms.